The second-order valence-corrected chi connectivity index (χ2v) is 3.63. The molecular weight excluding hydrogens is 148 g/mol. The second kappa shape index (κ2) is 2.23. The predicted molar refractivity (Wildman–Crippen MR) is 48.6 cm³/mol. The van der Waals surface area contributed by atoms with E-state index in [1.807, 2.05) is 0 Å². The molecule has 2 atom stereocenters. The first-order valence-electron chi connectivity index (χ1n) is 4.51. The first kappa shape index (κ1) is 6.49. The third-order valence-electron chi connectivity index (χ3n) is 2.85. The minimum atomic E-state index is 0.625. The lowest BCUT2D eigenvalue weighted by atomic mass is 9.95. The van der Waals surface area contributed by atoms with Gasteiger partial charge in [-0.3, -0.25) is 0 Å². The van der Waals surface area contributed by atoms with Crippen molar-refractivity contribution in [3.8, 4) is 0 Å². The van der Waals surface area contributed by atoms with E-state index in [1.54, 1.807) is 0 Å². The Hall–Kier alpha value is -1.02. The summed E-state index contributed by atoms with van der Waals surface area (Å²) in [7, 11) is 0. The fraction of sp³-hybridized carbons (Fsp3) is 0.400. The van der Waals surface area contributed by atoms with E-state index in [9.17, 15) is 0 Å². The van der Waals surface area contributed by atoms with Crippen molar-refractivity contribution < 1.29 is 0 Å². The van der Waals surface area contributed by atoms with Gasteiger partial charge in [-0.1, -0.05) is 18.2 Å². The Balaban J connectivity index is 1.99. The number of fused-ring (bicyclic) bond motifs is 2. The Morgan fingerprint density at radius 3 is 3.33 bits per heavy atom. The van der Waals surface area contributed by atoms with Crippen molar-refractivity contribution in [2.75, 3.05) is 13.1 Å². The van der Waals surface area contributed by atoms with Crippen molar-refractivity contribution >= 4 is 0 Å². The predicted octanol–water partition coefficient (Wildman–Crippen LogP) is 0.558. The van der Waals surface area contributed by atoms with Crippen molar-refractivity contribution in [2.45, 2.75) is 6.04 Å². The lowest BCUT2D eigenvalue weighted by Gasteiger charge is -2.25. The molecule has 1 fully saturated rings. The first-order valence-corrected chi connectivity index (χ1v) is 4.51. The summed E-state index contributed by atoms with van der Waals surface area (Å²) in [5, 5.41) is 6.94. The van der Waals surface area contributed by atoms with Crippen molar-refractivity contribution in [3.05, 3.63) is 35.6 Å². The summed E-state index contributed by atoms with van der Waals surface area (Å²) in [6.07, 6.45) is 8.83. The van der Waals surface area contributed by atoms with Gasteiger partial charge in [0.1, 0.15) is 0 Å². The second-order valence-electron chi connectivity index (χ2n) is 3.63. The number of rotatable bonds is 0. The highest BCUT2D eigenvalue weighted by molar-refractivity contribution is 5.50. The van der Waals surface area contributed by atoms with Gasteiger partial charge >= 0.3 is 0 Å². The smallest absolute Gasteiger partial charge is 0.0461 e. The summed E-state index contributed by atoms with van der Waals surface area (Å²) >= 11 is 0. The first-order chi connectivity index (χ1) is 5.93. The maximum atomic E-state index is 3.55. The van der Waals surface area contributed by atoms with Gasteiger partial charge in [0.05, 0.1) is 0 Å². The monoisotopic (exact) mass is 160 g/mol. The Morgan fingerprint density at radius 1 is 1.33 bits per heavy atom. The Morgan fingerprint density at radius 2 is 2.33 bits per heavy atom. The van der Waals surface area contributed by atoms with Crippen LogP contribution in [0.25, 0.3) is 0 Å². The van der Waals surface area contributed by atoms with Gasteiger partial charge in [0.2, 0.25) is 0 Å². The van der Waals surface area contributed by atoms with Gasteiger partial charge in [-0.15, -0.1) is 0 Å². The van der Waals surface area contributed by atoms with E-state index in [4.69, 9.17) is 0 Å². The zero-order chi connectivity index (χ0) is 7.97. The van der Waals surface area contributed by atoms with Gasteiger partial charge in [-0.05, 0) is 11.6 Å². The Labute approximate surface area is 72.0 Å². The largest absolute Gasteiger partial charge is 0.380 e. The van der Waals surface area contributed by atoms with E-state index >= 15 is 0 Å². The number of hydrogen-bond acceptors (Lipinski definition) is 2. The average molecular weight is 160 g/mol. The van der Waals surface area contributed by atoms with E-state index < -0.39 is 0 Å². The molecule has 2 heteroatoms. The Kier molecular flexibility index (Phi) is 1.21. The highest BCUT2D eigenvalue weighted by atomic mass is 15.1. The zero-order valence-electron chi connectivity index (χ0n) is 6.88. The van der Waals surface area contributed by atoms with E-state index in [1.165, 1.54) is 11.3 Å². The molecule has 2 nitrogen and oxygen atoms in total. The highest BCUT2D eigenvalue weighted by Crippen LogP contribution is 2.27. The summed E-state index contributed by atoms with van der Waals surface area (Å²) < 4.78 is 0. The molecule has 3 aliphatic rings. The molecule has 12 heavy (non-hydrogen) atoms. The van der Waals surface area contributed by atoms with Crippen LogP contribution in [0.5, 0.6) is 0 Å². The topological polar surface area (TPSA) is 24.1 Å². The molecule has 2 aliphatic heterocycles. The molecule has 62 valence electrons. The number of hydrogen-bond donors (Lipinski definition) is 2. The molecule has 0 aromatic carbocycles. The van der Waals surface area contributed by atoms with E-state index in [-0.39, 0.29) is 0 Å². The normalized spacial score (nSPS) is 36.7. The maximum absolute atomic E-state index is 3.55. The molecule has 1 aliphatic carbocycles. The summed E-state index contributed by atoms with van der Waals surface area (Å²) in [4.78, 5) is 0. The molecule has 2 N–H and O–H groups in total. The van der Waals surface area contributed by atoms with Gasteiger partial charge in [-0.25, -0.2) is 0 Å². The van der Waals surface area contributed by atoms with E-state index in [0.29, 0.717) is 12.0 Å². The van der Waals surface area contributed by atoms with Crippen LogP contribution in [-0.4, -0.2) is 19.1 Å². The van der Waals surface area contributed by atoms with Crippen LogP contribution >= 0.6 is 0 Å². The van der Waals surface area contributed by atoms with Crippen molar-refractivity contribution in [3.63, 3.8) is 0 Å². The van der Waals surface area contributed by atoms with Crippen molar-refractivity contribution in [1.29, 1.82) is 0 Å². The van der Waals surface area contributed by atoms with Gasteiger partial charge in [0.15, 0.2) is 0 Å². The van der Waals surface area contributed by atoms with Crippen molar-refractivity contribution in [2.24, 2.45) is 5.92 Å². The lowest BCUT2D eigenvalue weighted by molar-refractivity contribution is 0.518. The third kappa shape index (κ3) is 0.786. The maximum Gasteiger partial charge on any atom is 0.0461 e. The fourth-order valence-corrected chi connectivity index (χ4v) is 2.17. The molecule has 3 rings (SSSR count). The number of nitrogens with one attached hydrogen (secondary N) is 2. The summed E-state index contributed by atoms with van der Waals surface area (Å²) in [6.45, 7) is 2.23. The molecule has 1 saturated heterocycles. The zero-order valence-corrected chi connectivity index (χ0v) is 6.88. The summed E-state index contributed by atoms with van der Waals surface area (Å²) in [5.74, 6) is 0.694. The molecule has 0 bridgehead atoms. The molecular formula is C10H12N2. The van der Waals surface area contributed by atoms with Crippen LogP contribution in [0.15, 0.2) is 35.6 Å². The number of allylic oxidation sites excluding steroid dienone is 3. The van der Waals surface area contributed by atoms with Crippen LogP contribution in [0.2, 0.25) is 0 Å². The molecule has 0 saturated carbocycles. The summed E-state index contributed by atoms with van der Waals surface area (Å²) in [5.41, 5.74) is 2.68. The average Bonchev–Trinajstić information content (AvgIpc) is 2.64. The minimum Gasteiger partial charge on any atom is -0.380 e. The van der Waals surface area contributed by atoms with Gasteiger partial charge < -0.3 is 10.6 Å². The summed E-state index contributed by atoms with van der Waals surface area (Å²) in [6, 6.07) is 0.625. The van der Waals surface area contributed by atoms with Crippen LogP contribution in [0.4, 0.5) is 0 Å². The standard InChI is InChI=1S/C10H12N2/c1-2-7-4-8-5-11-6-10(8)12-9(7)3-1/h1-4,8,10-12H,5-6H2. The lowest BCUT2D eigenvalue weighted by Crippen LogP contribution is -2.37. The van der Waals surface area contributed by atoms with Gasteiger partial charge in [-0.2, -0.15) is 0 Å². The quantitative estimate of drug-likeness (QED) is 0.541. The van der Waals surface area contributed by atoms with Crippen LogP contribution in [0.1, 0.15) is 0 Å². The minimum absolute atomic E-state index is 0.625. The van der Waals surface area contributed by atoms with Crippen LogP contribution < -0.4 is 10.6 Å². The van der Waals surface area contributed by atoms with E-state index in [0.717, 1.165) is 13.1 Å². The molecule has 2 unspecified atom stereocenters. The third-order valence-corrected chi connectivity index (χ3v) is 2.85. The molecule has 0 spiro atoms. The molecule has 0 radical (unpaired) electrons. The highest BCUT2D eigenvalue weighted by Gasteiger charge is 2.30. The van der Waals surface area contributed by atoms with Gasteiger partial charge in [0, 0.05) is 30.7 Å². The SMILES string of the molecule is C1=CC2=CC3CNCC3NC2=C1. The fourth-order valence-electron chi connectivity index (χ4n) is 2.17. The van der Waals surface area contributed by atoms with E-state index in [2.05, 4.69) is 34.9 Å². The van der Waals surface area contributed by atoms with Crippen molar-refractivity contribution in [1.82, 2.24) is 10.6 Å². The molecule has 0 aromatic heterocycles. The Bertz CT molecular complexity index is 299. The van der Waals surface area contributed by atoms with Gasteiger partial charge in [0.25, 0.3) is 0 Å². The van der Waals surface area contributed by atoms with Crippen LogP contribution in [-0.2, 0) is 0 Å². The molecule has 0 aromatic rings. The molecule has 2 heterocycles. The molecule has 0 amide bonds. The van der Waals surface area contributed by atoms with Crippen LogP contribution in [0, 0.1) is 5.92 Å². The van der Waals surface area contributed by atoms with Crippen LogP contribution in [0.3, 0.4) is 0 Å².